The molecule has 3 atom stereocenters. The number of hydrogen-bond donors (Lipinski definition) is 1. The predicted molar refractivity (Wildman–Crippen MR) is 153 cm³/mol. The molecule has 3 aliphatic rings. The first kappa shape index (κ1) is 29.1. The van der Waals surface area contributed by atoms with Crippen LogP contribution in [0.1, 0.15) is 61.5 Å². The Morgan fingerprint density at radius 3 is 2.61 bits per heavy atom. The number of fused-ring (bicyclic) bond motifs is 3. The van der Waals surface area contributed by atoms with Crippen LogP contribution in [0.3, 0.4) is 0 Å². The summed E-state index contributed by atoms with van der Waals surface area (Å²) >= 11 is 0. The van der Waals surface area contributed by atoms with E-state index in [1.54, 1.807) is 12.0 Å². The number of benzene rings is 1. The Balaban J connectivity index is 1.38. The number of piperidine rings is 1. The largest absolute Gasteiger partial charge is 0.493 e. The molecule has 5 rings (SSSR count). The van der Waals surface area contributed by atoms with Crippen molar-refractivity contribution in [2.75, 3.05) is 53.1 Å². The van der Waals surface area contributed by atoms with Crippen molar-refractivity contribution in [3.8, 4) is 11.5 Å². The number of aromatic nitrogens is 1. The van der Waals surface area contributed by atoms with Crippen molar-refractivity contribution in [1.29, 1.82) is 0 Å². The van der Waals surface area contributed by atoms with Crippen molar-refractivity contribution in [2.45, 2.75) is 64.1 Å². The molecular weight excluding hydrogens is 524 g/mol. The highest BCUT2D eigenvalue weighted by Crippen LogP contribution is 2.44. The van der Waals surface area contributed by atoms with Gasteiger partial charge in [-0.3, -0.25) is 14.7 Å². The van der Waals surface area contributed by atoms with Gasteiger partial charge in [0.05, 0.1) is 20.3 Å². The van der Waals surface area contributed by atoms with Gasteiger partial charge in [-0.15, -0.1) is 0 Å². The Morgan fingerprint density at radius 1 is 1.12 bits per heavy atom. The van der Waals surface area contributed by atoms with Gasteiger partial charge in [0.25, 0.3) is 5.91 Å². The third-order valence-electron chi connectivity index (χ3n) is 8.02. The highest BCUT2D eigenvalue weighted by Gasteiger charge is 2.41. The van der Waals surface area contributed by atoms with E-state index >= 15 is 0 Å². The number of ether oxygens (including phenoxy) is 4. The smallest absolute Gasteiger partial charge is 0.407 e. The third kappa shape index (κ3) is 6.93. The number of carbonyl (C=O) groups is 2. The standard InChI is InChI=1S/C31H42N4O6/c1-20-6-8-32-24(14-20)23-18-35-9-7-21-15-28(40-19-29(36)34-10-12-39-13-11-34)27(38-5)16-22(21)26(35)17-25(23)33-30(37)41-31(2,3)4/h6,8,14-16,23,25-26H,7,9-13,17-19H2,1-5H3,(H,33,37)/t23-,25+,26+/m0/s1. The van der Waals surface area contributed by atoms with Crippen molar-refractivity contribution in [3.05, 3.63) is 52.8 Å². The van der Waals surface area contributed by atoms with Crippen LogP contribution in [0.2, 0.25) is 0 Å². The fraction of sp³-hybridized carbons (Fsp3) is 0.581. The van der Waals surface area contributed by atoms with Gasteiger partial charge >= 0.3 is 6.09 Å². The molecule has 41 heavy (non-hydrogen) atoms. The zero-order valence-corrected chi connectivity index (χ0v) is 24.8. The molecule has 2 aromatic rings. The van der Waals surface area contributed by atoms with Gasteiger partial charge in [0.15, 0.2) is 18.1 Å². The van der Waals surface area contributed by atoms with Crippen LogP contribution in [0, 0.1) is 6.92 Å². The average Bonchev–Trinajstić information content (AvgIpc) is 2.94. The summed E-state index contributed by atoms with van der Waals surface area (Å²) < 4.78 is 22.7. The first-order chi connectivity index (χ1) is 19.6. The number of amides is 2. The maximum atomic E-state index is 12.9. The first-order valence-corrected chi connectivity index (χ1v) is 14.5. The van der Waals surface area contributed by atoms with Crippen LogP contribution in [0.4, 0.5) is 4.79 Å². The molecule has 222 valence electrons. The van der Waals surface area contributed by atoms with E-state index in [0.29, 0.717) is 44.2 Å². The zero-order valence-electron chi connectivity index (χ0n) is 24.8. The van der Waals surface area contributed by atoms with E-state index in [-0.39, 0.29) is 30.5 Å². The topological polar surface area (TPSA) is 102 Å². The van der Waals surface area contributed by atoms with E-state index in [2.05, 4.69) is 23.2 Å². The molecule has 0 bridgehead atoms. The molecular formula is C31H42N4O6. The molecule has 10 heteroatoms. The van der Waals surface area contributed by atoms with Crippen LogP contribution in [-0.2, 0) is 20.7 Å². The molecule has 1 aromatic heterocycles. The monoisotopic (exact) mass is 566 g/mol. The average molecular weight is 567 g/mol. The minimum Gasteiger partial charge on any atom is -0.493 e. The van der Waals surface area contributed by atoms with Gasteiger partial charge in [0.2, 0.25) is 0 Å². The lowest BCUT2D eigenvalue weighted by molar-refractivity contribution is -0.137. The van der Waals surface area contributed by atoms with E-state index in [9.17, 15) is 9.59 Å². The van der Waals surface area contributed by atoms with Gasteiger partial charge in [0, 0.05) is 56.1 Å². The molecule has 3 aliphatic heterocycles. The second-order valence-electron chi connectivity index (χ2n) is 12.1. The van der Waals surface area contributed by atoms with Gasteiger partial charge in [-0.2, -0.15) is 0 Å². The van der Waals surface area contributed by atoms with Crippen molar-refractivity contribution in [2.24, 2.45) is 0 Å². The molecule has 2 fully saturated rings. The number of methoxy groups -OCH3 is 1. The molecule has 0 saturated carbocycles. The van der Waals surface area contributed by atoms with E-state index in [0.717, 1.165) is 36.3 Å². The maximum absolute atomic E-state index is 12.9. The SMILES string of the molecule is COc1cc2c(cc1OCC(=O)N1CCOCC1)CCN1C[C@@H](c3cc(C)ccn3)[C@H](NC(=O)OC(C)(C)C)C[C@H]21. The van der Waals surface area contributed by atoms with Crippen LogP contribution < -0.4 is 14.8 Å². The molecule has 0 spiro atoms. The second kappa shape index (κ2) is 12.2. The highest BCUT2D eigenvalue weighted by molar-refractivity contribution is 5.78. The fourth-order valence-electron chi connectivity index (χ4n) is 6.04. The Hall–Kier alpha value is -3.37. The molecule has 2 saturated heterocycles. The third-order valence-corrected chi connectivity index (χ3v) is 8.02. The quantitative estimate of drug-likeness (QED) is 0.566. The molecule has 0 aliphatic carbocycles. The van der Waals surface area contributed by atoms with E-state index in [1.807, 2.05) is 45.2 Å². The number of rotatable bonds is 6. The molecule has 1 N–H and O–H groups in total. The number of nitrogens with one attached hydrogen (secondary N) is 1. The van der Waals surface area contributed by atoms with Crippen LogP contribution in [-0.4, -0.2) is 91.5 Å². The normalized spacial score (nSPS) is 22.8. The minimum atomic E-state index is -0.591. The minimum absolute atomic E-state index is 0.0240. The molecule has 2 amide bonds. The lowest BCUT2D eigenvalue weighted by Crippen LogP contribution is -2.53. The number of carbonyl (C=O) groups excluding carboxylic acids is 2. The number of alkyl carbamates (subject to hydrolysis) is 1. The summed E-state index contributed by atoms with van der Waals surface area (Å²) in [5.41, 5.74) is 3.85. The lowest BCUT2D eigenvalue weighted by Gasteiger charge is -2.47. The molecule has 4 heterocycles. The summed E-state index contributed by atoms with van der Waals surface area (Å²) in [6.07, 6.45) is 2.96. The Bertz CT molecular complexity index is 1260. The number of pyridine rings is 1. The Labute approximate surface area is 242 Å². The second-order valence-corrected chi connectivity index (χ2v) is 12.1. The molecule has 1 aromatic carbocycles. The van der Waals surface area contributed by atoms with Crippen LogP contribution in [0.5, 0.6) is 11.5 Å². The molecule has 0 unspecified atom stereocenters. The summed E-state index contributed by atoms with van der Waals surface area (Å²) in [6.45, 7) is 11.5. The number of morpholine rings is 1. The number of nitrogens with zero attached hydrogens (tertiary/aromatic N) is 3. The van der Waals surface area contributed by atoms with Crippen molar-refractivity contribution in [1.82, 2.24) is 20.1 Å². The number of aryl methyl sites for hydroxylation is 1. The summed E-state index contributed by atoms with van der Waals surface area (Å²) in [5, 5.41) is 3.18. The molecule has 0 radical (unpaired) electrons. The van der Waals surface area contributed by atoms with Gasteiger partial charge < -0.3 is 29.2 Å². The lowest BCUT2D eigenvalue weighted by atomic mass is 9.79. The summed E-state index contributed by atoms with van der Waals surface area (Å²) in [4.78, 5) is 34.5. The zero-order chi connectivity index (χ0) is 29.1. The maximum Gasteiger partial charge on any atom is 0.407 e. The van der Waals surface area contributed by atoms with E-state index < -0.39 is 11.7 Å². The van der Waals surface area contributed by atoms with Crippen LogP contribution in [0.15, 0.2) is 30.5 Å². The van der Waals surface area contributed by atoms with Crippen molar-refractivity contribution in [3.63, 3.8) is 0 Å². The summed E-state index contributed by atoms with van der Waals surface area (Å²) in [7, 11) is 1.62. The van der Waals surface area contributed by atoms with E-state index in [4.69, 9.17) is 23.9 Å². The molecule has 10 nitrogen and oxygen atoms in total. The van der Waals surface area contributed by atoms with Gasteiger partial charge in [-0.05, 0) is 81.5 Å². The summed E-state index contributed by atoms with van der Waals surface area (Å²) in [6, 6.07) is 8.07. The highest BCUT2D eigenvalue weighted by atomic mass is 16.6. The van der Waals surface area contributed by atoms with Crippen molar-refractivity contribution >= 4 is 12.0 Å². The Morgan fingerprint density at radius 2 is 1.90 bits per heavy atom. The van der Waals surface area contributed by atoms with Crippen molar-refractivity contribution < 1.29 is 28.5 Å². The summed E-state index contributed by atoms with van der Waals surface area (Å²) in [5.74, 6) is 1.14. The predicted octanol–water partition coefficient (Wildman–Crippen LogP) is 3.62. The van der Waals surface area contributed by atoms with Crippen LogP contribution >= 0.6 is 0 Å². The van der Waals surface area contributed by atoms with Crippen LogP contribution in [0.25, 0.3) is 0 Å². The van der Waals surface area contributed by atoms with E-state index in [1.165, 1.54) is 5.56 Å². The van der Waals surface area contributed by atoms with Gasteiger partial charge in [0.1, 0.15) is 5.60 Å². The van der Waals surface area contributed by atoms with Gasteiger partial charge in [-0.1, -0.05) is 0 Å². The fourth-order valence-corrected chi connectivity index (χ4v) is 6.04. The van der Waals surface area contributed by atoms with Gasteiger partial charge in [-0.25, -0.2) is 4.79 Å². The number of hydrogen-bond acceptors (Lipinski definition) is 8. The first-order valence-electron chi connectivity index (χ1n) is 14.5. The Kier molecular flexibility index (Phi) is 8.70.